The number of carboxylic acid groups (broad SMARTS) is 1. The lowest BCUT2D eigenvalue weighted by atomic mass is 9.90. The van der Waals surface area contributed by atoms with Gasteiger partial charge < -0.3 is 65.7 Å². The van der Waals surface area contributed by atoms with Crippen molar-refractivity contribution in [1.82, 2.24) is 25.6 Å². The van der Waals surface area contributed by atoms with Gasteiger partial charge in [-0.15, -0.1) is 16.9 Å². The van der Waals surface area contributed by atoms with E-state index in [2.05, 4.69) is 20.9 Å². The molecule has 2 fully saturated rings. The molecule has 1 aromatic heterocycles. The second-order valence-corrected chi connectivity index (χ2v) is 13.0. The Labute approximate surface area is 280 Å². The predicted octanol–water partition coefficient (Wildman–Crippen LogP) is -3.95. The van der Waals surface area contributed by atoms with Crippen molar-refractivity contribution in [3.8, 4) is 0 Å². The summed E-state index contributed by atoms with van der Waals surface area (Å²) in [6.07, 6.45) is -8.99. The van der Waals surface area contributed by atoms with Gasteiger partial charge in [0.1, 0.15) is 36.6 Å². The number of carboxylic acids is 1. The first-order chi connectivity index (χ1) is 22.8. The molecular weight excluding hydrogens is 662 g/mol. The number of thioether (sulfide) groups is 1. The molecule has 20 heteroatoms. The van der Waals surface area contributed by atoms with E-state index in [0.717, 1.165) is 26.3 Å². The highest BCUT2D eigenvalue weighted by Gasteiger charge is 2.56. The number of carbonyl (C=O) groups excluding carboxylic acids is 2. The van der Waals surface area contributed by atoms with Gasteiger partial charge in [0.2, 0.25) is 16.7 Å². The Hall–Kier alpha value is -2.50. The maximum absolute atomic E-state index is 12.5. The molecule has 0 aliphatic carbocycles. The van der Waals surface area contributed by atoms with Gasteiger partial charge in [-0.2, -0.15) is 0 Å². The SMILES string of the molecule is CC(=O)N[C@H]1C([C@H](O)[C@H](O)CO)O[C@@](SCC2O[C@@H](OCCCNC(=O)CCCCCn3ccnn3)[C@@H](O)C(O)C2O)(C(=O)O)C[C@H]1O. The lowest BCUT2D eigenvalue weighted by Crippen LogP contribution is -2.66. The number of aliphatic hydroxyl groups excluding tert-OH is 7. The first-order valence-corrected chi connectivity index (χ1v) is 16.7. The molecule has 2 saturated heterocycles. The van der Waals surface area contributed by atoms with Gasteiger partial charge in [-0.3, -0.25) is 14.3 Å². The number of amides is 2. The Morgan fingerprint density at radius 3 is 2.50 bits per heavy atom. The van der Waals surface area contributed by atoms with Crippen LogP contribution in [0.2, 0.25) is 0 Å². The van der Waals surface area contributed by atoms with Gasteiger partial charge in [-0.1, -0.05) is 11.6 Å². The van der Waals surface area contributed by atoms with Crippen LogP contribution < -0.4 is 10.6 Å². The molecule has 4 unspecified atom stereocenters. The van der Waals surface area contributed by atoms with E-state index in [0.29, 0.717) is 31.0 Å². The van der Waals surface area contributed by atoms with Crippen LogP contribution in [0, 0.1) is 0 Å². The Morgan fingerprint density at radius 2 is 1.85 bits per heavy atom. The van der Waals surface area contributed by atoms with E-state index in [4.69, 9.17) is 14.2 Å². The third-order valence-electron chi connectivity index (χ3n) is 8.02. The Balaban J connectivity index is 1.51. The summed E-state index contributed by atoms with van der Waals surface area (Å²) >= 11 is 0.540. The van der Waals surface area contributed by atoms with Gasteiger partial charge in [0.05, 0.1) is 37.7 Å². The fourth-order valence-corrected chi connectivity index (χ4v) is 6.66. The molecule has 2 aliphatic rings. The van der Waals surface area contributed by atoms with Gasteiger partial charge in [0.25, 0.3) is 0 Å². The van der Waals surface area contributed by atoms with Gasteiger partial charge in [0, 0.05) is 44.8 Å². The van der Waals surface area contributed by atoms with E-state index in [1.54, 1.807) is 17.1 Å². The molecule has 19 nitrogen and oxygen atoms in total. The Morgan fingerprint density at radius 1 is 1.10 bits per heavy atom. The van der Waals surface area contributed by atoms with Crippen LogP contribution in [0.3, 0.4) is 0 Å². The summed E-state index contributed by atoms with van der Waals surface area (Å²) in [5.74, 6) is -2.75. The maximum Gasteiger partial charge on any atom is 0.346 e. The topological polar surface area (TPSA) is 296 Å². The number of aliphatic hydroxyl groups is 7. The summed E-state index contributed by atoms with van der Waals surface area (Å²) in [6.45, 7) is 1.17. The average molecular weight is 710 g/mol. The van der Waals surface area contributed by atoms with Crippen molar-refractivity contribution < 1.29 is 69.4 Å². The van der Waals surface area contributed by atoms with Crippen molar-refractivity contribution in [3.63, 3.8) is 0 Å². The van der Waals surface area contributed by atoms with E-state index < -0.39 is 91.0 Å². The summed E-state index contributed by atoms with van der Waals surface area (Å²) < 4.78 is 18.7. The minimum absolute atomic E-state index is 0.00571. The zero-order valence-corrected chi connectivity index (χ0v) is 27.3. The molecule has 0 saturated carbocycles. The normalized spacial score (nSPS) is 31.9. The summed E-state index contributed by atoms with van der Waals surface area (Å²) in [7, 11) is 0. The lowest BCUT2D eigenvalue weighted by Gasteiger charge is -2.47. The molecule has 0 radical (unpaired) electrons. The van der Waals surface area contributed by atoms with Crippen LogP contribution in [-0.2, 0) is 35.1 Å². The molecular formula is C28H47N5O14S. The van der Waals surface area contributed by atoms with Crippen LogP contribution in [0.5, 0.6) is 0 Å². The van der Waals surface area contributed by atoms with Crippen molar-refractivity contribution in [1.29, 1.82) is 0 Å². The maximum atomic E-state index is 12.5. The van der Waals surface area contributed by atoms with Crippen molar-refractivity contribution >= 4 is 29.5 Å². The highest BCUT2D eigenvalue weighted by molar-refractivity contribution is 8.01. The second-order valence-electron chi connectivity index (χ2n) is 11.8. The number of rotatable bonds is 19. The molecule has 3 heterocycles. The lowest BCUT2D eigenvalue weighted by molar-refractivity contribution is -0.292. The fourth-order valence-electron chi connectivity index (χ4n) is 5.36. The van der Waals surface area contributed by atoms with Gasteiger partial charge in [0.15, 0.2) is 6.29 Å². The summed E-state index contributed by atoms with van der Waals surface area (Å²) in [4.78, 5) is 34.0. The number of nitrogens with zero attached hydrogens (tertiary/aromatic N) is 3. The monoisotopic (exact) mass is 709 g/mol. The average Bonchev–Trinajstić information content (AvgIpc) is 3.57. The zero-order chi connectivity index (χ0) is 35.4. The van der Waals surface area contributed by atoms with Crippen LogP contribution in [0.15, 0.2) is 12.4 Å². The fraction of sp³-hybridized carbons (Fsp3) is 0.821. The van der Waals surface area contributed by atoms with E-state index in [-0.39, 0.29) is 24.8 Å². The molecule has 2 aliphatic heterocycles. The van der Waals surface area contributed by atoms with Crippen LogP contribution in [0.4, 0.5) is 0 Å². The Kier molecular flexibility index (Phi) is 15.8. The molecule has 10 N–H and O–H groups in total. The predicted molar refractivity (Wildman–Crippen MR) is 164 cm³/mol. The van der Waals surface area contributed by atoms with Crippen LogP contribution in [0.25, 0.3) is 0 Å². The van der Waals surface area contributed by atoms with Crippen LogP contribution >= 0.6 is 11.8 Å². The quantitative estimate of drug-likeness (QED) is 0.0613. The number of hydrogen-bond donors (Lipinski definition) is 10. The number of aromatic nitrogens is 3. The second kappa shape index (κ2) is 19.0. The molecule has 11 atom stereocenters. The number of carbonyl (C=O) groups is 3. The summed E-state index contributed by atoms with van der Waals surface area (Å²) in [6, 6.07) is -1.35. The van der Waals surface area contributed by atoms with Crippen LogP contribution in [0.1, 0.15) is 45.4 Å². The number of unbranched alkanes of at least 4 members (excludes halogenated alkanes) is 2. The number of aliphatic carboxylic acids is 1. The smallest absolute Gasteiger partial charge is 0.346 e. The van der Waals surface area contributed by atoms with Crippen molar-refractivity contribution in [2.45, 2.75) is 118 Å². The standard InChI is InChI=1S/C28H47N5O14S/c1-15(35)31-20-16(36)12-28(27(43)44,47-25(20)21(39)17(37)13-34)48-14-18-22(40)23(41)24(42)26(46-18)45-11-5-7-29-19(38)6-3-2-4-9-33-10-8-30-32-33/h8,10,16-18,20-26,34,36-37,39-42H,2-7,9,11-14H2,1H3,(H,29,38)(H,31,35)(H,43,44)/t16-,17-,18?,20-,21-,22?,23?,24+,25?,26-,28+/m1/s1. The molecule has 2 amide bonds. The third kappa shape index (κ3) is 11.0. The van der Waals surface area contributed by atoms with Crippen molar-refractivity contribution in [3.05, 3.63) is 12.4 Å². The van der Waals surface area contributed by atoms with Crippen LogP contribution in [-0.4, -0.2) is 165 Å². The minimum Gasteiger partial charge on any atom is -0.478 e. The van der Waals surface area contributed by atoms with E-state index >= 15 is 0 Å². The minimum atomic E-state index is -2.30. The summed E-state index contributed by atoms with van der Waals surface area (Å²) in [5.41, 5.74) is 0. The van der Waals surface area contributed by atoms with E-state index in [1.807, 2.05) is 0 Å². The number of ether oxygens (including phenoxy) is 3. The summed E-state index contributed by atoms with van der Waals surface area (Å²) in [5, 5.41) is 95.1. The molecule has 0 bridgehead atoms. The van der Waals surface area contributed by atoms with Crippen molar-refractivity contribution in [2.24, 2.45) is 0 Å². The van der Waals surface area contributed by atoms with Gasteiger partial charge in [-0.25, -0.2) is 4.79 Å². The Bertz CT molecular complexity index is 1150. The largest absolute Gasteiger partial charge is 0.478 e. The molecule has 0 spiro atoms. The first-order valence-electron chi connectivity index (χ1n) is 15.7. The van der Waals surface area contributed by atoms with Gasteiger partial charge in [-0.05, 0) is 19.3 Å². The highest BCUT2D eigenvalue weighted by atomic mass is 32.2. The third-order valence-corrected chi connectivity index (χ3v) is 9.42. The molecule has 0 aromatic carbocycles. The zero-order valence-electron chi connectivity index (χ0n) is 26.5. The first kappa shape index (κ1) is 39.9. The number of nitrogens with one attached hydrogen (secondary N) is 2. The van der Waals surface area contributed by atoms with E-state index in [1.165, 1.54) is 0 Å². The molecule has 274 valence electrons. The van der Waals surface area contributed by atoms with Gasteiger partial charge >= 0.3 is 5.97 Å². The molecule has 1 aromatic rings. The molecule has 48 heavy (non-hydrogen) atoms. The number of hydrogen-bond acceptors (Lipinski definition) is 16. The number of aryl methyl sites for hydroxylation is 1. The molecule has 3 rings (SSSR count). The highest BCUT2D eigenvalue weighted by Crippen LogP contribution is 2.42. The van der Waals surface area contributed by atoms with E-state index in [9.17, 15) is 55.2 Å². The van der Waals surface area contributed by atoms with Crippen molar-refractivity contribution in [2.75, 3.05) is 25.5 Å².